The van der Waals surface area contributed by atoms with Crippen molar-refractivity contribution in [2.45, 2.75) is 17.9 Å². The van der Waals surface area contributed by atoms with E-state index in [1.165, 1.54) is 15.3 Å². The molecular formula is C14H16ClNS2. The van der Waals surface area contributed by atoms with Crippen LogP contribution in [0.2, 0.25) is 5.02 Å². The van der Waals surface area contributed by atoms with Crippen molar-refractivity contribution < 1.29 is 0 Å². The first kappa shape index (κ1) is 13.9. The zero-order chi connectivity index (χ0) is 13.0. The highest BCUT2D eigenvalue weighted by atomic mass is 35.5. The summed E-state index contributed by atoms with van der Waals surface area (Å²) in [5.74, 6) is 1.02. The fourth-order valence-electron chi connectivity index (χ4n) is 1.80. The lowest BCUT2D eigenvalue weighted by Gasteiger charge is -2.16. The SMILES string of the molecule is CNC(CSc1ccc(Cl)cc1)c1ccsc1C. The van der Waals surface area contributed by atoms with Gasteiger partial charge in [-0.2, -0.15) is 0 Å². The number of hydrogen-bond donors (Lipinski definition) is 1. The van der Waals surface area contributed by atoms with Crippen molar-refractivity contribution in [3.05, 3.63) is 51.2 Å². The minimum Gasteiger partial charge on any atom is -0.312 e. The number of thiophene rings is 1. The Labute approximate surface area is 122 Å². The molecule has 0 amide bonds. The van der Waals surface area contributed by atoms with E-state index in [2.05, 4.69) is 35.8 Å². The van der Waals surface area contributed by atoms with Gasteiger partial charge >= 0.3 is 0 Å². The summed E-state index contributed by atoms with van der Waals surface area (Å²) in [4.78, 5) is 2.65. The first-order valence-corrected chi connectivity index (χ1v) is 8.04. The van der Waals surface area contributed by atoms with Gasteiger partial charge < -0.3 is 5.32 Å². The second-order valence-electron chi connectivity index (χ2n) is 4.04. The Balaban J connectivity index is 2.00. The van der Waals surface area contributed by atoms with Crippen LogP contribution in [0.1, 0.15) is 16.5 Å². The molecular weight excluding hydrogens is 282 g/mol. The van der Waals surface area contributed by atoms with Crippen molar-refractivity contribution in [3.8, 4) is 0 Å². The molecule has 0 saturated carbocycles. The van der Waals surface area contributed by atoms with Crippen LogP contribution in [-0.4, -0.2) is 12.8 Å². The molecule has 0 aliphatic rings. The second kappa shape index (κ2) is 6.62. The molecule has 1 heterocycles. The number of aryl methyl sites for hydroxylation is 1. The molecule has 4 heteroatoms. The lowest BCUT2D eigenvalue weighted by molar-refractivity contribution is 0.661. The van der Waals surface area contributed by atoms with Gasteiger partial charge in [0, 0.05) is 26.6 Å². The number of halogens is 1. The van der Waals surface area contributed by atoms with Crippen LogP contribution < -0.4 is 5.32 Å². The highest BCUT2D eigenvalue weighted by Gasteiger charge is 2.12. The van der Waals surface area contributed by atoms with Gasteiger partial charge in [0.2, 0.25) is 0 Å². The molecule has 2 aromatic rings. The van der Waals surface area contributed by atoms with Gasteiger partial charge in [0.15, 0.2) is 0 Å². The molecule has 0 spiro atoms. The quantitative estimate of drug-likeness (QED) is 0.798. The fourth-order valence-corrected chi connectivity index (χ4v) is 3.72. The third-order valence-corrected chi connectivity index (χ3v) is 5.07. The number of hydrogen-bond acceptors (Lipinski definition) is 3. The lowest BCUT2D eigenvalue weighted by atomic mass is 10.1. The van der Waals surface area contributed by atoms with Crippen LogP contribution in [0.5, 0.6) is 0 Å². The van der Waals surface area contributed by atoms with Crippen LogP contribution >= 0.6 is 34.7 Å². The van der Waals surface area contributed by atoms with Crippen LogP contribution in [0.15, 0.2) is 40.6 Å². The van der Waals surface area contributed by atoms with Gasteiger partial charge in [0.05, 0.1) is 0 Å². The molecule has 1 N–H and O–H groups in total. The first-order chi connectivity index (χ1) is 8.70. The van der Waals surface area contributed by atoms with E-state index in [4.69, 9.17) is 11.6 Å². The van der Waals surface area contributed by atoms with E-state index in [0.717, 1.165) is 10.8 Å². The Hall–Kier alpha value is -0.480. The molecule has 1 unspecified atom stereocenters. The maximum Gasteiger partial charge on any atom is 0.0423 e. The van der Waals surface area contributed by atoms with E-state index in [9.17, 15) is 0 Å². The van der Waals surface area contributed by atoms with E-state index < -0.39 is 0 Å². The smallest absolute Gasteiger partial charge is 0.0423 e. The second-order valence-corrected chi connectivity index (χ2v) is 6.69. The summed E-state index contributed by atoms with van der Waals surface area (Å²) in [5.41, 5.74) is 1.41. The molecule has 0 radical (unpaired) electrons. The summed E-state index contributed by atoms with van der Waals surface area (Å²) in [7, 11) is 2.02. The number of rotatable bonds is 5. The monoisotopic (exact) mass is 297 g/mol. The molecule has 1 nitrogen and oxygen atoms in total. The van der Waals surface area contributed by atoms with E-state index in [-0.39, 0.29) is 0 Å². The van der Waals surface area contributed by atoms with Crippen LogP contribution in [0.25, 0.3) is 0 Å². The van der Waals surface area contributed by atoms with Gasteiger partial charge in [0.1, 0.15) is 0 Å². The van der Waals surface area contributed by atoms with Crippen molar-refractivity contribution >= 4 is 34.7 Å². The molecule has 1 atom stereocenters. The predicted molar refractivity (Wildman–Crippen MR) is 83.0 cm³/mol. The van der Waals surface area contributed by atoms with Crippen molar-refractivity contribution in [2.75, 3.05) is 12.8 Å². The van der Waals surface area contributed by atoms with E-state index >= 15 is 0 Å². The van der Waals surface area contributed by atoms with Gasteiger partial charge in [-0.15, -0.1) is 23.1 Å². The molecule has 0 aliphatic carbocycles. The molecule has 0 fully saturated rings. The van der Waals surface area contributed by atoms with Crippen molar-refractivity contribution in [1.82, 2.24) is 5.32 Å². The molecule has 1 aromatic carbocycles. The molecule has 18 heavy (non-hydrogen) atoms. The summed E-state index contributed by atoms with van der Waals surface area (Å²) < 4.78 is 0. The van der Waals surface area contributed by atoms with Crippen LogP contribution in [-0.2, 0) is 0 Å². The maximum atomic E-state index is 5.88. The summed E-state index contributed by atoms with van der Waals surface area (Å²) in [6.45, 7) is 2.18. The minimum atomic E-state index is 0.400. The topological polar surface area (TPSA) is 12.0 Å². The molecule has 0 saturated heterocycles. The predicted octanol–water partition coefficient (Wildman–Crippen LogP) is 4.76. The van der Waals surface area contributed by atoms with Crippen molar-refractivity contribution in [2.24, 2.45) is 0 Å². The largest absolute Gasteiger partial charge is 0.312 e. The van der Waals surface area contributed by atoms with Gasteiger partial charge in [-0.25, -0.2) is 0 Å². The molecule has 96 valence electrons. The van der Waals surface area contributed by atoms with E-state index in [1.807, 2.05) is 30.9 Å². The highest BCUT2D eigenvalue weighted by molar-refractivity contribution is 7.99. The number of benzene rings is 1. The number of nitrogens with one attached hydrogen (secondary N) is 1. The van der Waals surface area contributed by atoms with Crippen LogP contribution in [0, 0.1) is 6.92 Å². The lowest BCUT2D eigenvalue weighted by Crippen LogP contribution is -2.18. The fraction of sp³-hybridized carbons (Fsp3) is 0.286. The summed E-state index contributed by atoms with van der Waals surface area (Å²) in [5, 5.41) is 6.33. The van der Waals surface area contributed by atoms with Crippen LogP contribution in [0.4, 0.5) is 0 Å². The van der Waals surface area contributed by atoms with Gasteiger partial charge in [-0.1, -0.05) is 11.6 Å². The zero-order valence-corrected chi connectivity index (χ0v) is 12.8. The van der Waals surface area contributed by atoms with Crippen molar-refractivity contribution in [3.63, 3.8) is 0 Å². The Kier molecular flexibility index (Phi) is 5.13. The molecule has 0 aliphatic heterocycles. The van der Waals surface area contributed by atoms with E-state index in [0.29, 0.717) is 6.04 Å². The summed E-state index contributed by atoms with van der Waals surface area (Å²) in [6, 6.07) is 10.6. The van der Waals surface area contributed by atoms with Gasteiger partial charge in [0.25, 0.3) is 0 Å². The maximum absolute atomic E-state index is 5.88. The van der Waals surface area contributed by atoms with Crippen LogP contribution in [0.3, 0.4) is 0 Å². The average molecular weight is 298 g/mol. The van der Waals surface area contributed by atoms with Gasteiger partial charge in [-0.05, 0) is 55.2 Å². The Morgan fingerprint density at radius 3 is 2.56 bits per heavy atom. The number of thioether (sulfide) groups is 1. The normalized spacial score (nSPS) is 12.6. The van der Waals surface area contributed by atoms with Crippen molar-refractivity contribution in [1.29, 1.82) is 0 Å². The molecule has 0 bridgehead atoms. The van der Waals surface area contributed by atoms with E-state index in [1.54, 1.807) is 11.3 Å². The molecule has 1 aromatic heterocycles. The first-order valence-electron chi connectivity index (χ1n) is 5.80. The Morgan fingerprint density at radius 1 is 1.28 bits per heavy atom. The summed E-state index contributed by atoms with van der Waals surface area (Å²) in [6.07, 6.45) is 0. The Morgan fingerprint density at radius 2 is 2.00 bits per heavy atom. The van der Waals surface area contributed by atoms with Gasteiger partial charge in [-0.3, -0.25) is 0 Å². The average Bonchev–Trinajstić information content (AvgIpc) is 2.79. The summed E-state index contributed by atoms with van der Waals surface area (Å²) >= 11 is 9.54. The standard InChI is InChI=1S/C14H16ClNS2/c1-10-13(7-8-17-10)14(16-2)9-18-12-5-3-11(15)4-6-12/h3-8,14,16H,9H2,1-2H3. The highest BCUT2D eigenvalue weighted by Crippen LogP contribution is 2.29. The Bertz CT molecular complexity index is 493. The molecule has 2 rings (SSSR count). The minimum absolute atomic E-state index is 0.400. The third kappa shape index (κ3) is 3.51. The third-order valence-electron chi connectivity index (χ3n) is 2.85. The zero-order valence-electron chi connectivity index (χ0n) is 10.4.